The van der Waals surface area contributed by atoms with E-state index < -0.39 is 12.7 Å². The van der Waals surface area contributed by atoms with E-state index in [1.807, 2.05) is 0 Å². The van der Waals surface area contributed by atoms with Crippen molar-refractivity contribution in [3.63, 3.8) is 0 Å². The van der Waals surface area contributed by atoms with E-state index in [2.05, 4.69) is 0 Å². The molecule has 0 spiro atoms. The zero-order valence-corrected chi connectivity index (χ0v) is 7.79. The minimum absolute atomic E-state index is 0.168. The molecule has 1 heterocycles. The summed E-state index contributed by atoms with van der Waals surface area (Å²) < 4.78 is 36.1. The molecule has 0 aromatic heterocycles. The Labute approximate surface area is 79.9 Å². The normalized spacial score (nSPS) is 25.0. The predicted molar refractivity (Wildman–Crippen MR) is 47.4 cm³/mol. The van der Waals surface area contributed by atoms with E-state index in [-0.39, 0.29) is 11.0 Å². The third kappa shape index (κ3) is 3.11. The van der Waals surface area contributed by atoms with Crippen LogP contribution in [0.3, 0.4) is 0 Å². The van der Waals surface area contributed by atoms with E-state index in [1.165, 1.54) is 4.90 Å². The lowest BCUT2D eigenvalue weighted by atomic mass is 10.2. The summed E-state index contributed by atoms with van der Waals surface area (Å²) in [5, 5.41) is 0. The Morgan fingerprint density at radius 1 is 1.54 bits per heavy atom. The fourth-order valence-corrected chi connectivity index (χ4v) is 1.83. The summed E-state index contributed by atoms with van der Waals surface area (Å²) >= 11 is 4.69. The SMILES string of the molecule is NC(=S)C1CCCN1CC(F)(F)F. The van der Waals surface area contributed by atoms with Crippen LogP contribution in [0.15, 0.2) is 0 Å². The van der Waals surface area contributed by atoms with E-state index in [0.29, 0.717) is 13.0 Å². The van der Waals surface area contributed by atoms with E-state index in [9.17, 15) is 13.2 Å². The third-order valence-electron chi connectivity index (χ3n) is 2.07. The molecule has 2 N–H and O–H groups in total. The first-order chi connectivity index (χ1) is 5.90. The highest BCUT2D eigenvalue weighted by atomic mass is 32.1. The lowest BCUT2D eigenvalue weighted by Gasteiger charge is -2.24. The van der Waals surface area contributed by atoms with E-state index in [0.717, 1.165) is 6.42 Å². The number of nitrogens with two attached hydrogens (primary N) is 1. The monoisotopic (exact) mass is 212 g/mol. The first kappa shape index (κ1) is 10.7. The molecule has 1 atom stereocenters. The number of thiocarbonyl (C=S) groups is 1. The van der Waals surface area contributed by atoms with Crippen LogP contribution in [0.25, 0.3) is 0 Å². The topological polar surface area (TPSA) is 29.3 Å². The molecule has 1 fully saturated rings. The van der Waals surface area contributed by atoms with Crippen molar-refractivity contribution in [2.45, 2.75) is 25.1 Å². The molecule has 0 aromatic carbocycles. The Bertz CT molecular complexity index is 204. The lowest BCUT2D eigenvalue weighted by Crippen LogP contribution is -2.43. The number of likely N-dealkylation sites (tertiary alicyclic amines) is 1. The molecule has 1 rings (SSSR count). The zero-order valence-electron chi connectivity index (χ0n) is 6.97. The summed E-state index contributed by atoms with van der Waals surface area (Å²) in [6.45, 7) is -0.476. The number of alkyl halides is 3. The van der Waals surface area contributed by atoms with E-state index in [1.54, 1.807) is 0 Å². The molecule has 0 aromatic rings. The quantitative estimate of drug-likeness (QED) is 0.699. The van der Waals surface area contributed by atoms with Crippen molar-refractivity contribution < 1.29 is 13.2 Å². The molecule has 1 saturated heterocycles. The molecule has 0 radical (unpaired) electrons. The molecule has 0 bridgehead atoms. The maximum Gasteiger partial charge on any atom is 0.401 e. The average Bonchev–Trinajstić information content (AvgIpc) is 2.31. The second-order valence-corrected chi connectivity index (χ2v) is 3.62. The van der Waals surface area contributed by atoms with Crippen LogP contribution in [-0.4, -0.2) is 35.2 Å². The fraction of sp³-hybridized carbons (Fsp3) is 0.857. The van der Waals surface area contributed by atoms with Gasteiger partial charge in [0.15, 0.2) is 0 Å². The van der Waals surface area contributed by atoms with Gasteiger partial charge in [0.2, 0.25) is 0 Å². The smallest absolute Gasteiger partial charge is 0.392 e. The highest BCUT2D eigenvalue weighted by Gasteiger charge is 2.36. The van der Waals surface area contributed by atoms with Gasteiger partial charge in [-0.3, -0.25) is 4.90 Å². The summed E-state index contributed by atoms with van der Waals surface area (Å²) in [6.07, 6.45) is -2.78. The molecule has 1 unspecified atom stereocenters. The number of halogens is 3. The van der Waals surface area contributed by atoms with Crippen LogP contribution >= 0.6 is 12.2 Å². The Hall–Kier alpha value is -0.360. The largest absolute Gasteiger partial charge is 0.401 e. The fourth-order valence-electron chi connectivity index (χ4n) is 1.57. The van der Waals surface area contributed by atoms with Crippen molar-refractivity contribution >= 4 is 17.2 Å². The first-order valence-corrected chi connectivity index (χ1v) is 4.41. The van der Waals surface area contributed by atoms with Gasteiger partial charge < -0.3 is 5.73 Å². The third-order valence-corrected chi connectivity index (χ3v) is 2.35. The molecule has 76 valence electrons. The van der Waals surface area contributed by atoms with E-state index in [4.69, 9.17) is 18.0 Å². The van der Waals surface area contributed by atoms with Crippen molar-refractivity contribution in [1.29, 1.82) is 0 Å². The molecule has 2 nitrogen and oxygen atoms in total. The molecular formula is C7H11F3N2S. The van der Waals surface area contributed by atoms with Gasteiger partial charge in [-0.15, -0.1) is 0 Å². The van der Waals surface area contributed by atoms with Crippen LogP contribution in [-0.2, 0) is 0 Å². The number of hydrogen-bond acceptors (Lipinski definition) is 2. The Morgan fingerprint density at radius 2 is 2.15 bits per heavy atom. The van der Waals surface area contributed by atoms with Gasteiger partial charge in [0.1, 0.15) is 0 Å². The van der Waals surface area contributed by atoms with Gasteiger partial charge in [0.25, 0.3) is 0 Å². The molecule has 0 aliphatic carbocycles. The number of hydrogen-bond donors (Lipinski definition) is 1. The Kier molecular flexibility index (Phi) is 3.13. The van der Waals surface area contributed by atoms with Crippen molar-refractivity contribution in [3.8, 4) is 0 Å². The van der Waals surface area contributed by atoms with Gasteiger partial charge in [0, 0.05) is 0 Å². The van der Waals surface area contributed by atoms with Crippen molar-refractivity contribution in [2.24, 2.45) is 5.73 Å². The second kappa shape index (κ2) is 3.79. The zero-order chi connectivity index (χ0) is 10.1. The van der Waals surface area contributed by atoms with Crippen LogP contribution in [0.5, 0.6) is 0 Å². The molecule has 0 amide bonds. The molecule has 1 aliphatic heterocycles. The Balaban J connectivity index is 2.54. The first-order valence-electron chi connectivity index (χ1n) is 4.00. The summed E-state index contributed by atoms with van der Waals surface area (Å²) in [7, 11) is 0. The summed E-state index contributed by atoms with van der Waals surface area (Å²) in [6, 6.07) is -0.364. The minimum Gasteiger partial charge on any atom is -0.392 e. The highest BCUT2D eigenvalue weighted by Crippen LogP contribution is 2.23. The molecule has 6 heteroatoms. The van der Waals surface area contributed by atoms with Crippen LogP contribution in [0.2, 0.25) is 0 Å². The molecule has 0 saturated carbocycles. The predicted octanol–water partition coefficient (Wildman–Crippen LogP) is 1.30. The van der Waals surface area contributed by atoms with Gasteiger partial charge in [-0.2, -0.15) is 13.2 Å². The van der Waals surface area contributed by atoms with Crippen molar-refractivity contribution in [3.05, 3.63) is 0 Å². The van der Waals surface area contributed by atoms with Crippen LogP contribution < -0.4 is 5.73 Å². The van der Waals surface area contributed by atoms with Crippen LogP contribution in [0, 0.1) is 0 Å². The molecular weight excluding hydrogens is 201 g/mol. The van der Waals surface area contributed by atoms with Gasteiger partial charge in [-0.25, -0.2) is 0 Å². The van der Waals surface area contributed by atoms with Crippen molar-refractivity contribution in [2.75, 3.05) is 13.1 Å². The lowest BCUT2D eigenvalue weighted by molar-refractivity contribution is -0.145. The van der Waals surface area contributed by atoms with Gasteiger partial charge >= 0.3 is 6.18 Å². The second-order valence-electron chi connectivity index (χ2n) is 3.15. The van der Waals surface area contributed by atoms with Gasteiger partial charge in [-0.05, 0) is 19.4 Å². The maximum absolute atomic E-state index is 12.0. The summed E-state index contributed by atoms with van der Waals surface area (Å²) in [5.41, 5.74) is 5.33. The van der Waals surface area contributed by atoms with Crippen molar-refractivity contribution in [1.82, 2.24) is 4.90 Å². The molecule has 1 aliphatic rings. The maximum atomic E-state index is 12.0. The van der Waals surface area contributed by atoms with Crippen LogP contribution in [0.1, 0.15) is 12.8 Å². The summed E-state index contributed by atoms with van der Waals surface area (Å²) in [5.74, 6) is 0. The minimum atomic E-state index is -4.16. The average molecular weight is 212 g/mol. The Morgan fingerprint density at radius 3 is 2.62 bits per heavy atom. The number of rotatable bonds is 2. The molecule has 13 heavy (non-hydrogen) atoms. The standard InChI is InChI=1S/C7H11F3N2S/c8-7(9,10)4-12-3-1-2-5(12)6(11)13/h5H,1-4H2,(H2,11,13). The number of nitrogens with zero attached hydrogens (tertiary/aromatic N) is 1. The summed E-state index contributed by atoms with van der Waals surface area (Å²) in [4.78, 5) is 1.46. The van der Waals surface area contributed by atoms with E-state index >= 15 is 0 Å². The van der Waals surface area contributed by atoms with Gasteiger partial charge in [-0.1, -0.05) is 12.2 Å². The highest BCUT2D eigenvalue weighted by molar-refractivity contribution is 7.80. The van der Waals surface area contributed by atoms with Crippen LogP contribution in [0.4, 0.5) is 13.2 Å². The van der Waals surface area contributed by atoms with Gasteiger partial charge in [0.05, 0.1) is 17.6 Å².